The lowest BCUT2D eigenvalue weighted by atomic mass is 10.2. The van der Waals surface area contributed by atoms with Crippen LogP contribution < -0.4 is 19.6 Å². The number of para-hydroxylation sites is 2. The zero-order valence-corrected chi connectivity index (χ0v) is 25.6. The number of benzene rings is 3. The number of nitrogens with one attached hydrogen (secondary N) is 1. The van der Waals surface area contributed by atoms with Crippen molar-refractivity contribution in [2.75, 3.05) is 19.5 Å². The molecule has 0 aliphatic carbocycles. The molecule has 0 amide bonds. The predicted molar refractivity (Wildman–Crippen MR) is 163 cm³/mol. The summed E-state index contributed by atoms with van der Waals surface area (Å²) in [5.74, 6) is 0.873. The van der Waals surface area contributed by atoms with Crippen molar-refractivity contribution in [3.05, 3.63) is 98.6 Å². The summed E-state index contributed by atoms with van der Waals surface area (Å²) in [6.07, 6.45) is -4.47. The fraction of sp³-hybridized carbons (Fsp3) is 0.200. The van der Waals surface area contributed by atoms with Gasteiger partial charge in [-0.05, 0) is 42.0 Å². The molecule has 2 aromatic heterocycles. The molecule has 0 aliphatic rings. The fourth-order valence-electron chi connectivity index (χ4n) is 3.92. The number of rotatable bonds is 8. The second kappa shape index (κ2) is 13.7. The molecule has 0 radical (unpaired) electrons. The largest absolute Gasteiger partial charge is 0.497 e. The van der Waals surface area contributed by atoms with Crippen LogP contribution in [0.1, 0.15) is 12.5 Å². The third-order valence-electron chi connectivity index (χ3n) is 6.16. The van der Waals surface area contributed by atoms with Crippen molar-refractivity contribution in [2.24, 2.45) is 0 Å². The zero-order valence-electron chi connectivity index (χ0n) is 23.2. The van der Waals surface area contributed by atoms with E-state index in [0.29, 0.717) is 27.1 Å². The van der Waals surface area contributed by atoms with Gasteiger partial charge in [-0.2, -0.15) is 13.2 Å². The van der Waals surface area contributed by atoms with E-state index in [0.717, 1.165) is 17.4 Å². The molecule has 0 bridgehead atoms. The topological polar surface area (TPSA) is 108 Å². The van der Waals surface area contributed by atoms with Gasteiger partial charge in [0.05, 0.1) is 33.9 Å². The van der Waals surface area contributed by atoms with E-state index in [1.54, 1.807) is 38.3 Å². The highest BCUT2D eigenvalue weighted by molar-refractivity contribution is 7.91. The van der Waals surface area contributed by atoms with Crippen molar-refractivity contribution in [2.45, 2.75) is 24.7 Å². The lowest BCUT2D eigenvalue weighted by Gasteiger charge is -2.12. The van der Waals surface area contributed by atoms with Crippen LogP contribution in [0.15, 0.2) is 82.6 Å². The molecule has 2 heterocycles. The molecule has 3 aromatic carbocycles. The minimum Gasteiger partial charge on any atom is -0.497 e. The molecular formula is C30H25Cl2F3N2O6S. The molecule has 14 heteroatoms. The zero-order chi connectivity index (χ0) is 32.1. The van der Waals surface area contributed by atoms with Gasteiger partial charge < -0.3 is 19.2 Å². The van der Waals surface area contributed by atoms with Gasteiger partial charge in [0.1, 0.15) is 18.1 Å². The molecule has 0 fully saturated rings. The number of aromatic amines is 1. The Bertz CT molecular complexity index is 1950. The number of hydrogen-bond donors (Lipinski definition) is 1. The minimum absolute atomic E-state index is 0.0367. The van der Waals surface area contributed by atoms with Gasteiger partial charge in [-0.1, -0.05) is 54.4 Å². The lowest BCUT2D eigenvalue weighted by Crippen LogP contribution is -2.20. The first-order valence-electron chi connectivity index (χ1n) is 12.9. The summed E-state index contributed by atoms with van der Waals surface area (Å²) in [5, 5.41) is 1.54. The maximum absolute atomic E-state index is 12.3. The van der Waals surface area contributed by atoms with Crippen molar-refractivity contribution in [1.29, 1.82) is 0 Å². The quantitative estimate of drug-likeness (QED) is 0.184. The number of sulfone groups is 1. The van der Waals surface area contributed by atoms with Crippen LogP contribution in [0.25, 0.3) is 21.8 Å². The van der Waals surface area contributed by atoms with Crippen molar-refractivity contribution >= 4 is 54.8 Å². The number of alkyl halides is 3. The van der Waals surface area contributed by atoms with Crippen molar-refractivity contribution in [3.63, 3.8) is 0 Å². The van der Waals surface area contributed by atoms with Gasteiger partial charge in [-0.3, -0.25) is 4.79 Å². The van der Waals surface area contributed by atoms with Crippen LogP contribution in [0.3, 0.4) is 0 Å². The van der Waals surface area contributed by atoms with Crippen LogP contribution in [-0.4, -0.2) is 44.0 Å². The van der Waals surface area contributed by atoms with E-state index in [1.165, 1.54) is 18.2 Å². The van der Waals surface area contributed by atoms with Crippen molar-refractivity contribution in [3.8, 4) is 17.4 Å². The fourth-order valence-corrected chi connectivity index (χ4v) is 5.17. The van der Waals surface area contributed by atoms with Gasteiger partial charge in [0.25, 0.3) is 0 Å². The Labute approximate surface area is 260 Å². The monoisotopic (exact) mass is 668 g/mol. The second-order valence-corrected chi connectivity index (χ2v) is 12.2. The summed E-state index contributed by atoms with van der Waals surface area (Å²) in [4.78, 5) is 18.4. The number of aromatic nitrogens is 2. The Morgan fingerprint density at radius 1 is 0.909 bits per heavy atom. The number of ether oxygens (including phenoxy) is 3. The van der Waals surface area contributed by atoms with Gasteiger partial charge in [0, 0.05) is 22.9 Å². The maximum Gasteiger partial charge on any atom is 0.422 e. The van der Waals surface area contributed by atoms with Crippen LogP contribution in [-0.2, 0) is 16.4 Å². The van der Waals surface area contributed by atoms with Crippen LogP contribution in [0, 0.1) is 0 Å². The number of fused-ring (bicyclic) bond motifs is 2. The lowest BCUT2D eigenvalue weighted by molar-refractivity contribution is -0.154. The van der Waals surface area contributed by atoms with Gasteiger partial charge in [0.2, 0.25) is 0 Å². The Morgan fingerprint density at radius 3 is 2.20 bits per heavy atom. The molecule has 232 valence electrons. The number of methoxy groups -OCH3 is 1. The van der Waals surface area contributed by atoms with E-state index in [-0.39, 0.29) is 33.8 Å². The summed E-state index contributed by atoms with van der Waals surface area (Å²) >= 11 is 12.1. The average Bonchev–Trinajstić information content (AvgIpc) is 3.00. The molecular weight excluding hydrogens is 644 g/mol. The number of halogens is 5. The predicted octanol–water partition coefficient (Wildman–Crippen LogP) is 7.39. The highest BCUT2D eigenvalue weighted by Gasteiger charge is 2.28. The molecule has 44 heavy (non-hydrogen) atoms. The van der Waals surface area contributed by atoms with E-state index >= 15 is 0 Å². The van der Waals surface area contributed by atoms with E-state index in [1.807, 2.05) is 24.3 Å². The number of pyridine rings is 2. The summed E-state index contributed by atoms with van der Waals surface area (Å²) in [6, 6.07) is 19.8. The maximum atomic E-state index is 12.3. The number of nitrogens with zero attached hydrogens (tertiary/aromatic N) is 1. The van der Waals surface area contributed by atoms with Gasteiger partial charge in [-0.15, -0.1) is 0 Å². The molecule has 0 atom stereocenters. The highest BCUT2D eigenvalue weighted by atomic mass is 35.5. The summed E-state index contributed by atoms with van der Waals surface area (Å²) in [6.45, 7) is 0.381. The van der Waals surface area contributed by atoms with Crippen molar-refractivity contribution in [1.82, 2.24) is 9.97 Å². The number of H-pyrrole nitrogens is 1. The third kappa shape index (κ3) is 8.13. The first-order valence-corrected chi connectivity index (χ1v) is 15.3. The SMILES string of the molecule is CCS(=O)(=O)c1cc(OCc2ccc(OC)cc2)c2cccc(Cl)c2n1.O=c1cc(OCC(F)(F)F)[nH]c2c(Cl)cccc12. The second-order valence-electron chi connectivity index (χ2n) is 9.20. The number of hydrogen-bond acceptors (Lipinski definition) is 7. The van der Waals surface area contributed by atoms with E-state index in [9.17, 15) is 26.4 Å². The minimum atomic E-state index is -4.47. The summed E-state index contributed by atoms with van der Waals surface area (Å²) in [5.41, 5.74) is 1.14. The first kappa shape index (κ1) is 32.9. The molecule has 5 rings (SSSR count). The standard InChI is InChI=1S/C19H18ClNO4S.C11H7ClF3NO2/c1-3-26(22,23)18-11-17(15-5-4-6-16(20)19(15)21-18)25-12-13-7-9-14(24-2)10-8-13;12-7-3-1-2-6-8(17)4-9(16-10(6)7)18-5-11(13,14)15/h4-11H,3,12H2,1-2H3;1-4H,5H2,(H,16,17). The van der Waals surface area contributed by atoms with Gasteiger partial charge in [-0.25, -0.2) is 13.4 Å². The smallest absolute Gasteiger partial charge is 0.422 e. The highest BCUT2D eigenvalue weighted by Crippen LogP contribution is 2.32. The summed E-state index contributed by atoms with van der Waals surface area (Å²) < 4.78 is 76.1. The van der Waals surface area contributed by atoms with Gasteiger partial charge in [0.15, 0.2) is 32.8 Å². The third-order valence-corrected chi connectivity index (χ3v) is 8.39. The first-order chi connectivity index (χ1) is 20.8. The van der Waals surface area contributed by atoms with E-state index in [4.69, 9.17) is 32.7 Å². The molecule has 8 nitrogen and oxygen atoms in total. The van der Waals surface area contributed by atoms with Gasteiger partial charge >= 0.3 is 6.18 Å². The average molecular weight is 670 g/mol. The Kier molecular flexibility index (Phi) is 10.3. The Hall–Kier alpha value is -4.00. The molecule has 0 spiro atoms. The molecule has 5 aromatic rings. The Morgan fingerprint density at radius 2 is 1.57 bits per heavy atom. The molecule has 0 unspecified atom stereocenters. The summed E-state index contributed by atoms with van der Waals surface area (Å²) in [7, 11) is -1.88. The normalized spacial score (nSPS) is 11.6. The Balaban J connectivity index is 0.000000215. The van der Waals surface area contributed by atoms with E-state index in [2.05, 4.69) is 14.7 Å². The molecule has 0 saturated carbocycles. The van der Waals surface area contributed by atoms with Crippen LogP contribution in [0.5, 0.6) is 17.4 Å². The van der Waals surface area contributed by atoms with Crippen LogP contribution in [0.2, 0.25) is 10.0 Å². The van der Waals surface area contributed by atoms with Crippen molar-refractivity contribution < 1.29 is 35.8 Å². The molecule has 0 aliphatic heterocycles. The van der Waals surface area contributed by atoms with E-state index < -0.39 is 28.0 Å². The van der Waals surface area contributed by atoms with Crippen LogP contribution >= 0.6 is 23.2 Å². The molecule has 0 saturated heterocycles. The van der Waals surface area contributed by atoms with Crippen LogP contribution in [0.4, 0.5) is 13.2 Å². The molecule has 1 N–H and O–H groups in total.